The Morgan fingerprint density at radius 3 is 2.33 bits per heavy atom. The molecule has 2 amide bonds. The van der Waals surface area contributed by atoms with Crippen LogP contribution in [0.25, 0.3) is 5.69 Å². The summed E-state index contributed by atoms with van der Waals surface area (Å²) in [6.45, 7) is 10.6. The Labute approximate surface area is 195 Å². The summed E-state index contributed by atoms with van der Waals surface area (Å²) in [5, 5.41) is 0. The quantitative estimate of drug-likeness (QED) is 0.594. The SMILES string of the molecule is Cc1cc(C(=O)N2CCN(C(=O)Cc3ccccn3)CC2)c(C)n1-c1cccc(C(C)C)c1. The van der Waals surface area contributed by atoms with Gasteiger partial charge >= 0.3 is 0 Å². The highest BCUT2D eigenvalue weighted by atomic mass is 16.2. The van der Waals surface area contributed by atoms with E-state index in [1.807, 2.05) is 47.9 Å². The number of aryl methyl sites for hydroxylation is 1. The van der Waals surface area contributed by atoms with Gasteiger partial charge in [-0.05, 0) is 55.7 Å². The molecular weight excluding hydrogens is 412 g/mol. The second kappa shape index (κ2) is 9.61. The molecule has 1 fully saturated rings. The lowest BCUT2D eigenvalue weighted by molar-refractivity contribution is -0.132. The number of carbonyl (C=O) groups is 2. The van der Waals surface area contributed by atoms with Crippen LogP contribution in [0.2, 0.25) is 0 Å². The highest BCUT2D eigenvalue weighted by molar-refractivity contribution is 5.96. The van der Waals surface area contributed by atoms with Gasteiger partial charge in [-0.15, -0.1) is 0 Å². The number of pyridine rings is 1. The number of carbonyl (C=O) groups excluding carboxylic acids is 2. The van der Waals surface area contributed by atoms with Crippen molar-refractivity contribution in [2.45, 2.75) is 40.0 Å². The molecule has 172 valence electrons. The summed E-state index contributed by atoms with van der Waals surface area (Å²) in [4.78, 5) is 33.9. The third-order valence-corrected chi connectivity index (χ3v) is 6.43. The minimum Gasteiger partial charge on any atom is -0.339 e. The largest absolute Gasteiger partial charge is 0.339 e. The molecule has 1 aliphatic heterocycles. The standard InChI is InChI=1S/C27H32N4O2/c1-19(2)22-8-7-10-24(17-22)31-20(3)16-25(21(31)4)27(33)30-14-12-29(13-15-30)26(32)18-23-9-5-6-11-28-23/h5-11,16-17,19H,12-15,18H2,1-4H3. The fourth-order valence-electron chi connectivity index (χ4n) is 4.50. The molecule has 1 saturated heterocycles. The van der Waals surface area contributed by atoms with Gasteiger partial charge in [-0.3, -0.25) is 14.6 Å². The molecule has 0 N–H and O–H groups in total. The van der Waals surface area contributed by atoms with Gasteiger partial charge in [-0.1, -0.05) is 32.0 Å². The lowest BCUT2D eigenvalue weighted by Gasteiger charge is -2.34. The van der Waals surface area contributed by atoms with Gasteiger partial charge < -0.3 is 14.4 Å². The van der Waals surface area contributed by atoms with Crippen molar-refractivity contribution < 1.29 is 9.59 Å². The van der Waals surface area contributed by atoms with Gasteiger partial charge in [0.1, 0.15) is 0 Å². The number of piperazine rings is 1. The van der Waals surface area contributed by atoms with Crippen molar-refractivity contribution in [2.75, 3.05) is 26.2 Å². The molecule has 2 aromatic heterocycles. The maximum Gasteiger partial charge on any atom is 0.255 e. The average Bonchev–Trinajstić information content (AvgIpc) is 3.13. The van der Waals surface area contributed by atoms with Gasteiger partial charge in [-0.25, -0.2) is 0 Å². The van der Waals surface area contributed by atoms with Crippen LogP contribution in [-0.4, -0.2) is 57.3 Å². The lowest BCUT2D eigenvalue weighted by atomic mass is 10.0. The molecule has 0 unspecified atom stereocenters. The third kappa shape index (κ3) is 4.85. The zero-order valence-corrected chi connectivity index (χ0v) is 19.9. The molecule has 1 aliphatic rings. The average molecular weight is 445 g/mol. The number of hydrogen-bond acceptors (Lipinski definition) is 3. The van der Waals surface area contributed by atoms with E-state index in [2.05, 4.69) is 47.7 Å². The number of amides is 2. The molecular formula is C27H32N4O2. The first-order valence-electron chi connectivity index (χ1n) is 11.6. The minimum absolute atomic E-state index is 0.0335. The zero-order valence-electron chi connectivity index (χ0n) is 19.9. The van der Waals surface area contributed by atoms with Crippen LogP contribution in [0, 0.1) is 13.8 Å². The predicted octanol–water partition coefficient (Wildman–Crippen LogP) is 4.14. The van der Waals surface area contributed by atoms with E-state index < -0.39 is 0 Å². The van der Waals surface area contributed by atoms with Crippen molar-refractivity contribution in [1.29, 1.82) is 0 Å². The topological polar surface area (TPSA) is 58.4 Å². The van der Waals surface area contributed by atoms with Crippen molar-refractivity contribution in [3.8, 4) is 5.69 Å². The lowest BCUT2D eigenvalue weighted by Crippen LogP contribution is -2.51. The normalized spacial score (nSPS) is 14.1. The van der Waals surface area contributed by atoms with Crippen molar-refractivity contribution in [3.63, 3.8) is 0 Å². The second-order valence-electron chi connectivity index (χ2n) is 9.04. The smallest absolute Gasteiger partial charge is 0.255 e. The predicted molar refractivity (Wildman–Crippen MR) is 130 cm³/mol. The summed E-state index contributed by atoms with van der Waals surface area (Å²) >= 11 is 0. The Bertz CT molecular complexity index is 1140. The Balaban J connectivity index is 1.45. The molecule has 0 bridgehead atoms. The maximum absolute atomic E-state index is 13.4. The highest BCUT2D eigenvalue weighted by Crippen LogP contribution is 2.25. The molecule has 0 atom stereocenters. The first kappa shape index (κ1) is 22.8. The van der Waals surface area contributed by atoms with Gasteiger partial charge in [0.25, 0.3) is 5.91 Å². The summed E-state index contributed by atoms with van der Waals surface area (Å²) in [5.74, 6) is 0.536. The van der Waals surface area contributed by atoms with Crippen LogP contribution >= 0.6 is 0 Å². The first-order chi connectivity index (χ1) is 15.8. The van der Waals surface area contributed by atoms with E-state index in [-0.39, 0.29) is 11.8 Å². The second-order valence-corrected chi connectivity index (χ2v) is 9.04. The number of rotatable bonds is 5. The van der Waals surface area contributed by atoms with Gasteiger partial charge in [0.2, 0.25) is 5.91 Å². The summed E-state index contributed by atoms with van der Waals surface area (Å²) in [6.07, 6.45) is 2.00. The van der Waals surface area contributed by atoms with Crippen molar-refractivity contribution in [3.05, 3.63) is 82.9 Å². The summed E-state index contributed by atoms with van der Waals surface area (Å²) in [6, 6.07) is 16.1. The molecule has 0 radical (unpaired) electrons. The summed E-state index contributed by atoms with van der Waals surface area (Å²) < 4.78 is 2.16. The van der Waals surface area contributed by atoms with Crippen LogP contribution in [0.4, 0.5) is 0 Å². The Morgan fingerprint density at radius 2 is 1.67 bits per heavy atom. The van der Waals surface area contributed by atoms with E-state index >= 15 is 0 Å². The molecule has 1 aromatic carbocycles. The Morgan fingerprint density at radius 1 is 0.939 bits per heavy atom. The van der Waals surface area contributed by atoms with Crippen molar-refractivity contribution in [1.82, 2.24) is 19.4 Å². The highest BCUT2D eigenvalue weighted by Gasteiger charge is 2.27. The summed E-state index contributed by atoms with van der Waals surface area (Å²) in [5.41, 5.74) is 5.86. The fourth-order valence-corrected chi connectivity index (χ4v) is 4.50. The molecule has 0 spiro atoms. The van der Waals surface area contributed by atoms with Crippen LogP contribution in [0.15, 0.2) is 54.7 Å². The molecule has 4 rings (SSSR count). The molecule has 0 aliphatic carbocycles. The monoisotopic (exact) mass is 444 g/mol. The first-order valence-corrected chi connectivity index (χ1v) is 11.6. The molecule has 33 heavy (non-hydrogen) atoms. The Hall–Kier alpha value is -3.41. The van der Waals surface area contributed by atoms with Gasteiger partial charge in [0.05, 0.1) is 12.0 Å². The van der Waals surface area contributed by atoms with Crippen LogP contribution in [-0.2, 0) is 11.2 Å². The van der Waals surface area contributed by atoms with Gasteiger partial charge in [-0.2, -0.15) is 0 Å². The zero-order chi connectivity index (χ0) is 23.5. The van der Waals surface area contributed by atoms with E-state index in [0.717, 1.165) is 28.3 Å². The van der Waals surface area contributed by atoms with Crippen LogP contribution < -0.4 is 0 Å². The van der Waals surface area contributed by atoms with E-state index in [1.54, 1.807) is 6.20 Å². The summed E-state index contributed by atoms with van der Waals surface area (Å²) in [7, 11) is 0. The minimum atomic E-state index is 0.0335. The number of benzene rings is 1. The maximum atomic E-state index is 13.4. The van der Waals surface area contributed by atoms with E-state index in [9.17, 15) is 9.59 Å². The van der Waals surface area contributed by atoms with Crippen LogP contribution in [0.3, 0.4) is 0 Å². The van der Waals surface area contributed by atoms with E-state index in [0.29, 0.717) is 38.5 Å². The molecule has 6 nitrogen and oxygen atoms in total. The van der Waals surface area contributed by atoms with Gasteiger partial charge in [0.15, 0.2) is 0 Å². The van der Waals surface area contributed by atoms with Crippen molar-refractivity contribution in [2.24, 2.45) is 0 Å². The number of aromatic nitrogens is 2. The fraction of sp³-hybridized carbons (Fsp3) is 0.370. The van der Waals surface area contributed by atoms with E-state index in [4.69, 9.17) is 0 Å². The Kier molecular flexibility index (Phi) is 6.63. The number of hydrogen-bond donors (Lipinski definition) is 0. The third-order valence-electron chi connectivity index (χ3n) is 6.43. The molecule has 3 heterocycles. The van der Waals surface area contributed by atoms with Crippen LogP contribution in [0.1, 0.15) is 52.8 Å². The molecule has 3 aromatic rings. The van der Waals surface area contributed by atoms with E-state index in [1.165, 1.54) is 5.56 Å². The van der Waals surface area contributed by atoms with Gasteiger partial charge in [0, 0.05) is 55.1 Å². The number of nitrogens with zero attached hydrogens (tertiary/aromatic N) is 4. The molecule has 6 heteroatoms. The van der Waals surface area contributed by atoms with Crippen LogP contribution in [0.5, 0.6) is 0 Å². The molecule has 0 saturated carbocycles. The van der Waals surface area contributed by atoms with Crippen molar-refractivity contribution >= 4 is 11.8 Å².